The van der Waals surface area contributed by atoms with Crippen molar-refractivity contribution in [3.8, 4) is 0 Å². The van der Waals surface area contributed by atoms with E-state index in [1.165, 1.54) is 11.1 Å². The number of hydrogen-bond donors (Lipinski definition) is 0. The smallest absolute Gasteiger partial charge is 0.128 e. The summed E-state index contributed by atoms with van der Waals surface area (Å²) in [4.78, 5) is 6.81. The van der Waals surface area contributed by atoms with E-state index in [1.807, 2.05) is 23.7 Å². The highest BCUT2D eigenvalue weighted by Gasteiger charge is 2.12. The summed E-state index contributed by atoms with van der Waals surface area (Å²) >= 11 is 6.12. The van der Waals surface area contributed by atoms with E-state index < -0.39 is 0 Å². The van der Waals surface area contributed by atoms with Crippen molar-refractivity contribution in [1.29, 1.82) is 0 Å². The molecule has 118 valence electrons. The third-order valence-electron chi connectivity index (χ3n) is 3.89. The second kappa shape index (κ2) is 7.44. The minimum atomic E-state index is 0.666. The molecule has 0 aliphatic rings. The maximum absolute atomic E-state index is 6.12. The molecule has 1 aromatic heterocycles. The first kappa shape index (κ1) is 15.8. The second-order valence-electron chi connectivity index (χ2n) is 5.67. The Kier molecular flexibility index (Phi) is 5.11. The van der Waals surface area contributed by atoms with E-state index in [4.69, 9.17) is 11.6 Å². The van der Waals surface area contributed by atoms with Crippen molar-refractivity contribution in [3.63, 3.8) is 0 Å². The molecular weight excluding hydrogens is 306 g/mol. The van der Waals surface area contributed by atoms with Crippen molar-refractivity contribution >= 4 is 11.6 Å². The zero-order valence-corrected chi connectivity index (χ0v) is 13.9. The number of halogens is 1. The lowest BCUT2D eigenvalue weighted by Crippen LogP contribution is -2.24. The zero-order chi connectivity index (χ0) is 16.1. The predicted octanol–water partition coefficient (Wildman–Crippen LogP) is 4.28. The van der Waals surface area contributed by atoms with Gasteiger partial charge in [0.1, 0.15) is 11.0 Å². The van der Waals surface area contributed by atoms with Gasteiger partial charge in [-0.05, 0) is 11.1 Å². The number of rotatable bonds is 6. The monoisotopic (exact) mass is 325 g/mol. The van der Waals surface area contributed by atoms with Gasteiger partial charge in [-0.3, -0.25) is 4.90 Å². The number of imidazole rings is 1. The van der Waals surface area contributed by atoms with E-state index >= 15 is 0 Å². The number of hydrogen-bond acceptors (Lipinski definition) is 2. The maximum atomic E-state index is 6.12. The van der Waals surface area contributed by atoms with Crippen LogP contribution in [0.25, 0.3) is 0 Å². The Morgan fingerprint density at radius 3 is 1.83 bits per heavy atom. The Hall–Kier alpha value is -2.10. The number of aromatic nitrogens is 2. The fraction of sp³-hybridized carbons (Fsp3) is 0.211. The molecule has 0 saturated carbocycles. The fourth-order valence-corrected chi connectivity index (χ4v) is 2.77. The molecule has 0 radical (unpaired) electrons. The van der Waals surface area contributed by atoms with E-state index in [0.717, 1.165) is 25.5 Å². The van der Waals surface area contributed by atoms with Crippen LogP contribution in [0.3, 0.4) is 0 Å². The highest BCUT2D eigenvalue weighted by molar-refractivity contribution is 6.29. The number of nitrogens with zero attached hydrogens (tertiary/aromatic N) is 3. The van der Waals surface area contributed by atoms with Crippen molar-refractivity contribution in [2.24, 2.45) is 7.05 Å². The summed E-state index contributed by atoms with van der Waals surface area (Å²) in [6.07, 6.45) is 1.71. The third kappa shape index (κ3) is 4.21. The molecule has 23 heavy (non-hydrogen) atoms. The fourth-order valence-electron chi connectivity index (χ4n) is 2.62. The van der Waals surface area contributed by atoms with E-state index in [0.29, 0.717) is 5.15 Å². The predicted molar refractivity (Wildman–Crippen MR) is 94.1 cm³/mol. The summed E-state index contributed by atoms with van der Waals surface area (Å²) in [7, 11) is 1.95. The van der Waals surface area contributed by atoms with E-state index in [1.54, 1.807) is 6.20 Å². The van der Waals surface area contributed by atoms with Crippen LogP contribution in [0.1, 0.15) is 17.0 Å². The first-order valence-electron chi connectivity index (χ1n) is 7.68. The largest absolute Gasteiger partial charge is 0.321 e. The molecule has 4 heteroatoms. The molecule has 3 rings (SSSR count). The quantitative estimate of drug-likeness (QED) is 0.674. The molecule has 0 unspecified atom stereocenters. The maximum Gasteiger partial charge on any atom is 0.128 e. The lowest BCUT2D eigenvalue weighted by molar-refractivity contribution is 0.239. The van der Waals surface area contributed by atoms with E-state index in [-0.39, 0.29) is 0 Å². The summed E-state index contributed by atoms with van der Waals surface area (Å²) < 4.78 is 1.94. The van der Waals surface area contributed by atoms with Gasteiger partial charge in [0.15, 0.2) is 0 Å². The van der Waals surface area contributed by atoms with Crippen LogP contribution >= 0.6 is 11.6 Å². The van der Waals surface area contributed by atoms with Gasteiger partial charge >= 0.3 is 0 Å². The van der Waals surface area contributed by atoms with Crippen LogP contribution in [0.2, 0.25) is 5.15 Å². The summed E-state index contributed by atoms with van der Waals surface area (Å²) in [6.45, 7) is 2.51. The molecule has 3 aromatic rings. The van der Waals surface area contributed by atoms with Crippen molar-refractivity contribution < 1.29 is 0 Å². The molecule has 0 aliphatic carbocycles. The van der Waals surface area contributed by atoms with Crippen molar-refractivity contribution in [2.45, 2.75) is 19.6 Å². The molecule has 1 heterocycles. The lowest BCUT2D eigenvalue weighted by Gasteiger charge is -2.22. The summed E-state index contributed by atoms with van der Waals surface area (Å²) in [5, 5.41) is 0.666. The van der Waals surface area contributed by atoms with Gasteiger partial charge in [0.25, 0.3) is 0 Å². The van der Waals surface area contributed by atoms with Gasteiger partial charge in [-0.15, -0.1) is 0 Å². The van der Waals surface area contributed by atoms with Gasteiger partial charge in [-0.25, -0.2) is 4.98 Å². The third-order valence-corrected chi connectivity index (χ3v) is 4.24. The molecule has 0 atom stereocenters. The Labute approximate surface area is 142 Å². The second-order valence-corrected chi connectivity index (χ2v) is 6.06. The van der Waals surface area contributed by atoms with Crippen molar-refractivity contribution in [3.05, 3.63) is 89.0 Å². The summed E-state index contributed by atoms with van der Waals surface area (Å²) in [5.74, 6) is 0.974. The van der Waals surface area contributed by atoms with Gasteiger partial charge in [-0.1, -0.05) is 72.3 Å². The molecular formula is C19H20ClN3. The van der Waals surface area contributed by atoms with Crippen LogP contribution in [-0.2, 0) is 26.7 Å². The van der Waals surface area contributed by atoms with Gasteiger partial charge < -0.3 is 4.57 Å². The normalized spacial score (nSPS) is 11.1. The van der Waals surface area contributed by atoms with E-state index in [9.17, 15) is 0 Å². The van der Waals surface area contributed by atoms with Gasteiger partial charge in [-0.2, -0.15) is 0 Å². The highest BCUT2D eigenvalue weighted by Crippen LogP contribution is 2.16. The van der Waals surface area contributed by atoms with Crippen molar-refractivity contribution in [1.82, 2.24) is 14.5 Å². The van der Waals surface area contributed by atoms with Gasteiger partial charge in [0, 0.05) is 20.1 Å². The molecule has 0 spiro atoms. The van der Waals surface area contributed by atoms with Crippen LogP contribution in [0.5, 0.6) is 0 Å². The summed E-state index contributed by atoms with van der Waals surface area (Å²) in [5.41, 5.74) is 2.59. The Balaban J connectivity index is 1.79. The van der Waals surface area contributed by atoms with E-state index in [2.05, 4.69) is 58.4 Å². The minimum absolute atomic E-state index is 0.666. The molecule has 0 fully saturated rings. The average molecular weight is 326 g/mol. The molecule has 0 aliphatic heterocycles. The Morgan fingerprint density at radius 1 is 0.870 bits per heavy atom. The molecule has 0 amide bonds. The van der Waals surface area contributed by atoms with Gasteiger partial charge in [0.2, 0.25) is 0 Å². The average Bonchev–Trinajstić information content (AvgIpc) is 2.89. The topological polar surface area (TPSA) is 21.1 Å². The van der Waals surface area contributed by atoms with Crippen LogP contribution in [0.4, 0.5) is 0 Å². The first-order valence-corrected chi connectivity index (χ1v) is 8.06. The van der Waals surface area contributed by atoms with Crippen LogP contribution < -0.4 is 0 Å². The Bertz CT molecular complexity index is 696. The first-order chi connectivity index (χ1) is 11.2. The molecule has 0 saturated heterocycles. The number of benzene rings is 2. The summed E-state index contributed by atoms with van der Waals surface area (Å²) in [6, 6.07) is 21.0. The van der Waals surface area contributed by atoms with Gasteiger partial charge in [0.05, 0.1) is 12.7 Å². The SMILES string of the molecule is Cn1c(Cl)cnc1CN(Cc1ccccc1)Cc1ccccc1. The minimum Gasteiger partial charge on any atom is -0.321 e. The van der Waals surface area contributed by atoms with Crippen LogP contribution in [0, 0.1) is 0 Å². The molecule has 0 bridgehead atoms. The Morgan fingerprint density at radius 2 is 1.39 bits per heavy atom. The molecule has 3 nitrogen and oxygen atoms in total. The zero-order valence-electron chi connectivity index (χ0n) is 13.2. The van der Waals surface area contributed by atoms with Crippen LogP contribution in [0.15, 0.2) is 66.9 Å². The lowest BCUT2D eigenvalue weighted by atomic mass is 10.1. The standard InChI is InChI=1S/C19H20ClN3/c1-22-18(20)12-21-19(22)15-23(13-16-8-4-2-5-9-16)14-17-10-6-3-7-11-17/h2-12H,13-15H2,1H3. The highest BCUT2D eigenvalue weighted by atomic mass is 35.5. The van der Waals surface area contributed by atoms with Crippen molar-refractivity contribution in [2.75, 3.05) is 0 Å². The molecule has 2 aromatic carbocycles. The van der Waals surface area contributed by atoms with Crippen LogP contribution in [-0.4, -0.2) is 14.5 Å². The molecule has 0 N–H and O–H groups in total.